The molecule has 7 heteroatoms. The zero-order chi connectivity index (χ0) is 14.8. The van der Waals surface area contributed by atoms with Crippen LogP contribution in [0.25, 0.3) is 0 Å². The molecule has 3 N–H and O–H groups in total. The molecule has 0 fully saturated rings. The summed E-state index contributed by atoms with van der Waals surface area (Å²) in [5, 5.41) is 2.00. The monoisotopic (exact) mass is 374 g/mol. The Morgan fingerprint density at radius 1 is 1.40 bits per heavy atom. The molecule has 0 aliphatic carbocycles. The lowest BCUT2D eigenvalue weighted by atomic mass is 10.0. The van der Waals surface area contributed by atoms with Crippen LogP contribution in [0.5, 0.6) is 0 Å². The van der Waals surface area contributed by atoms with Gasteiger partial charge in [-0.1, -0.05) is 12.1 Å². The highest BCUT2D eigenvalue weighted by atomic mass is 79.9. The van der Waals surface area contributed by atoms with Crippen molar-refractivity contribution < 1.29 is 8.42 Å². The first-order chi connectivity index (χ1) is 9.41. The van der Waals surface area contributed by atoms with E-state index in [2.05, 4.69) is 21.4 Å². The van der Waals surface area contributed by atoms with E-state index >= 15 is 0 Å². The lowest BCUT2D eigenvalue weighted by Crippen LogP contribution is -2.29. The number of nitrogens with two attached hydrogens (primary N) is 1. The number of hydrogen-bond donors (Lipinski definition) is 2. The summed E-state index contributed by atoms with van der Waals surface area (Å²) in [7, 11) is -3.21. The van der Waals surface area contributed by atoms with Gasteiger partial charge in [-0.2, -0.15) is 0 Å². The van der Waals surface area contributed by atoms with E-state index in [0.717, 1.165) is 14.9 Å². The molecule has 0 aliphatic heterocycles. The first-order valence-electron chi connectivity index (χ1n) is 5.90. The van der Waals surface area contributed by atoms with Gasteiger partial charge in [0, 0.05) is 22.0 Å². The van der Waals surface area contributed by atoms with Crippen LogP contribution in [0.2, 0.25) is 0 Å². The molecule has 1 aromatic carbocycles. The Morgan fingerprint density at radius 3 is 2.70 bits per heavy atom. The third-order valence-corrected chi connectivity index (χ3v) is 6.03. The average Bonchev–Trinajstić information content (AvgIpc) is 2.80. The Kier molecular flexibility index (Phi) is 4.98. The minimum Gasteiger partial charge on any atom is -0.271 e. The van der Waals surface area contributed by atoms with Gasteiger partial charge in [0.2, 0.25) is 0 Å². The summed E-state index contributed by atoms with van der Waals surface area (Å²) in [6, 6.07) is 8.72. The maximum Gasteiger partial charge on any atom is 0.175 e. The van der Waals surface area contributed by atoms with Crippen LogP contribution in [0.15, 0.2) is 45.1 Å². The van der Waals surface area contributed by atoms with Crippen LogP contribution in [0.3, 0.4) is 0 Å². The molecular formula is C13H15BrN2O2S2. The molecule has 0 spiro atoms. The molecule has 1 atom stereocenters. The smallest absolute Gasteiger partial charge is 0.175 e. The normalized spacial score (nSPS) is 13.3. The second-order valence-electron chi connectivity index (χ2n) is 4.46. The van der Waals surface area contributed by atoms with Gasteiger partial charge in [-0.25, -0.2) is 8.42 Å². The van der Waals surface area contributed by atoms with Crippen LogP contribution in [-0.2, 0) is 16.3 Å². The number of nitrogens with one attached hydrogen (secondary N) is 1. The molecule has 2 rings (SSSR count). The lowest BCUT2D eigenvalue weighted by molar-refractivity contribution is 0.553. The minimum absolute atomic E-state index is 0.133. The van der Waals surface area contributed by atoms with Gasteiger partial charge in [0.1, 0.15) is 0 Å². The number of hydrogen-bond acceptors (Lipinski definition) is 5. The topological polar surface area (TPSA) is 72.2 Å². The third kappa shape index (κ3) is 3.67. The number of benzene rings is 1. The van der Waals surface area contributed by atoms with Crippen LogP contribution >= 0.6 is 27.3 Å². The zero-order valence-corrected chi connectivity index (χ0v) is 14.1. The van der Waals surface area contributed by atoms with E-state index in [4.69, 9.17) is 5.84 Å². The van der Waals surface area contributed by atoms with Gasteiger partial charge in [0.05, 0.1) is 10.9 Å². The van der Waals surface area contributed by atoms with Crippen molar-refractivity contribution in [3.63, 3.8) is 0 Å². The van der Waals surface area contributed by atoms with E-state index in [9.17, 15) is 8.42 Å². The molecule has 0 amide bonds. The van der Waals surface area contributed by atoms with Crippen LogP contribution in [0.1, 0.15) is 16.5 Å². The molecule has 0 saturated carbocycles. The molecule has 1 unspecified atom stereocenters. The summed E-state index contributed by atoms with van der Waals surface area (Å²) >= 11 is 5.13. The third-order valence-electron chi connectivity index (χ3n) is 2.97. The Bertz CT molecular complexity index is 698. The summed E-state index contributed by atoms with van der Waals surface area (Å²) in [5.41, 5.74) is 3.61. The van der Waals surface area contributed by atoms with Crippen LogP contribution in [0, 0.1) is 0 Å². The molecule has 0 radical (unpaired) electrons. The fourth-order valence-corrected chi connectivity index (χ4v) is 4.13. The molecule has 0 aliphatic rings. The highest BCUT2D eigenvalue weighted by Crippen LogP contribution is 2.28. The molecule has 108 valence electrons. The molecule has 0 saturated heterocycles. The van der Waals surface area contributed by atoms with Crippen molar-refractivity contribution in [2.75, 3.05) is 6.26 Å². The fraction of sp³-hybridized carbons (Fsp3) is 0.231. The van der Waals surface area contributed by atoms with Gasteiger partial charge < -0.3 is 0 Å². The van der Waals surface area contributed by atoms with Crippen molar-refractivity contribution in [3.8, 4) is 0 Å². The van der Waals surface area contributed by atoms with Crippen molar-refractivity contribution in [2.24, 2.45) is 5.84 Å². The fourth-order valence-electron chi connectivity index (χ4n) is 1.89. The van der Waals surface area contributed by atoms with E-state index in [1.807, 2.05) is 17.5 Å². The van der Waals surface area contributed by atoms with Gasteiger partial charge >= 0.3 is 0 Å². The van der Waals surface area contributed by atoms with Crippen molar-refractivity contribution in [3.05, 3.63) is 50.6 Å². The standard InChI is InChI=1S/C13H15BrN2O2S2/c1-20(17,18)10-4-2-3-9(7-10)12(16-15)8-13-11(14)5-6-19-13/h2-7,12,16H,8,15H2,1H3. The lowest BCUT2D eigenvalue weighted by Gasteiger charge is -2.16. The second kappa shape index (κ2) is 6.36. The number of sulfone groups is 1. The van der Waals surface area contributed by atoms with Crippen molar-refractivity contribution in [1.29, 1.82) is 0 Å². The number of thiophene rings is 1. The van der Waals surface area contributed by atoms with Crippen molar-refractivity contribution in [1.82, 2.24) is 5.43 Å². The SMILES string of the molecule is CS(=O)(=O)c1cccc(C(Cc2sccc2Br)NN)c1. The van der Waals surface area contributed by atoms with E-state index in [1.54, 1.807) is 29.5 Å². The highest BCUT2D eigenvalue weighted by molar-refractivity contribution is 9.10. The van der Waals surface area contributed by atoms with E-state index in [1.165, 1.54) is 6.26 Å². The van der Waals surface area contributed by atoms with Gasteiger partial charge in [-0.05, 0) is 45.1 Å². The van der Waals surface area contributed by atoms with Crippen LogP contribution in [-0.4, -0.2) is 14.7 Å². The van der Waals surface area contributed by atoms with Crippen molar-refractivity contribution >= 4 is 37.1 Å². The molecule has 2 aromatic rings. The summed E-state index contributed by atoms with van der Waals surface area (Å²) in [5.74, 6) is 5.62. The van der Waals surface area contributed by atoms with Gasteiger partial charge in [0.15, 0.2) is 9.84 Å². The van der Waals surface area contributed by atoms with Gasteiger partial charge in [-0.15, -0.1) is 11.3 Å². The first kappa shape index (κ1) is 15.7. The highest BCUT2D eigenvalue weighted by Gasteiger charge is 2.16. The summed E-state index contributed by atoms with van der Waals surface area (Å²) in [6.45, 7) is 0. The average molecular weight is 375 g/mol. The second-order valence-corrected chi connectivity index (χ2v) is 8.33. The Labute approximate surface area is 131 Å². The Balaban J connectivity index is 2.31. The summed E-state index contributed by atoms with van der Waals surface area (Å²) < 4.78 is 24.3. The predicted molar refractivity (Wildman–Crippen MR) is 85.3 cm³/mol. The van der Waals surface area contributed by atoms with Crippen molar-refractivity contribution in [2.45, 2.75) is 17.4 Å². The maximum atomic E-state index is 11.6. The number of halogens is 1. The van der Waals surface area contributed by atoms with Crippen LogP contribution < -0.4 is 11.3 Å². The van der Waals surface area contributed by atoms with E-state index in [-0.39, 0.29) is 6.04 Å². The largest absolute Gasteiger partial charge is 0.271 e. The molecular weight excluding hydrogens is 360 g/mol. The van der Waals surface area contributed by atoms with Crippen LogP contribution in [0.4, 0.5) is 0 Å². The Hall–Kier alpha value is -0.730. The molecule has 1 heterocycles. The first-order valence-corrected chi connectivity index (χ1v) is 9.46. The summed E-state index contributed by atoms with van der Waals surface area (Å²) in [4.78, 5) is 1.47. The van der Waals surface area contributed by atoms with E-state index in [0.29, 0.717) is 11.3 Å². The van der Waals surface area contributed by atoms with Gasteiger partial charge in [0.25, 0.3) is 0 Å². The molecule has 0 bridgehead atoms. The summed E-state index contributed by atoms with van der Waals surface area (Å²) in [6.07, 6.45) is 1.90. The van der Waals surface area contributed by atoms with E-state index < -0.39 is 9.84 Å². The molecule has 4 nitrogen and oxygen atoms in total. The molecule has 20 heavy (non-hydrogen) atoms. The minimum atomic E-state index is -3.21. The Morgan fingerprint density at radius 2 is 2.15 bits per heavy atom. The quantitative estimate of drug-likeness (QED) is 0.623. The zero-order valence-electron chi connectivity index (χ0n) is 10.8. The van der Waals surface area contributed by atoms with Gasteiger partial charge in [-0.3, -0.25) is 11.3 Å². The number of hydrazine groups is 1. The molecule has 1 aromatic heterocycles. The predicted octanol–water partition coefficient (Wildman–Crippen LogP) is 2.66. The number of rotatable bonds is 5. The maximum absolute atomic E-state index is 11.6.